The summed E-state index contributed by atoms with van der Waals surface area (Å²) >= 11 is 24.6. The standard InChI is InChI=1S/C26H17Cl4N3O5/c1-13-2-4-15(5-3-13)31-22(34)12-38-23-20(29)9-14(10-21(23)30)8-17-24(35)32-26(37)33(25(17)36)16-6-7-18(27)19(28)11-16/h2-11H,12H2,1H3,(H,31,34)(H,32,35,37)/b17-8+. The Morgan fingerprint density at radius 1 is 0.921 bits per heavy atom. The first kappa shape index (κ1) is 27.5. The molecule has 1 aliphatic heterocycles. The van der Waals surface area contributed by atoms with Crippen molar-refractivity contribution in [2.24, 2.45) is 0 Å². The Morgan fingerprint density at radius 3 is 2.21 bits per heavy atom. The molecule has 1 fully saturated rings. The van der Waals surface area contributed by atoms with Crippen molar-refractivity contribution in [3.05, 3.63) is 91.4 Å². The summed E-state index contributed by atoms with van der Waals surface area (Å²) in [4.78, 5) is 51.0. The van der Waals surface area contributed by atoms with Crippen molar-refractivity contribution in [1.82, 2.24) is 5.32 Å². The van der Waals surface area contributed by atoms with Gasteiger partial charge in [0.15, 0.2) is 12.4 Å². The number of halogens is 4. The monoisotopic (exact) mass is 591 g/mol. The van der Waals surface area contributed by atoms with Gasteiger partial charge >= 0.3 is 6.03 Å². The summed E-state index contributed by atoms with van der Waals surface area (Å²) in [5.74, 6) is -2.18. The molecule has 0 aliphatic carbocycles. The summed E-state index contributed by atoms with van der Waals surface area (Å²) in [6.07, 6.45) is 1.22. The van der Waals surface area contributed by atoms with Gasteiger partial charge in [0.1, 0.15) is 5.57 Å². The highest BCUT2D eigenvalue weighted by molar-refractivity contribution is 6.43. The van der Waals surface area contributed by atoms with Crippen molar-refractivity contribution in [3.63, 3.8) is 0 Å². The molecule has 12 heteroatoms. The van der Waals surface area contributed by atoms with Crippen LogP contribution in [0.15, 0.2) is 60.2 Å². The molecule has 0 spiro atoms. The molecule has 0 bridgehead atoms. The number of amides is 5. The van der Waals surface area contributed by atoms with Gasteiger partial charge in [-0.3, -0.25) is 19.7 Å². The molecule has 0 saturated carbocycles. The fourth-order valence-corrected chi connectivity index (χ4v) is 4.36. The van der Waals surface area contributed by atoms with Crippen molar-refractivity contribution >= 4 is 87.6 Å². The number of hydrogen-bond acceptors (Lipinski definition) is 5. The van der Waals surface area contributed by atoms with Crippen LogP contribution in [0.5, 0.6) is 5.75 Å². The largest absolute Gasteiger partial charge is 0.481 e. The maximum Gasteiger partial charge on any atom is 0.335 e. The lowest BCUT2D eigenvalue weighted by molar-refractivity contribution is -0.122. The van der Waals surface area contributed by atoms with Crippen LogP contribution in [0.1, 0.15) is 11.1 Å². The predicted octanol–water partition coefficient (Wildman–Crippen LogP) is 6.29. The third-order valence-corrected chi connectivity index (χ3v) is 6.58. The van der Waals surface area contributed by atoms with Gasteiger partial charge in [0.05, 0.1) is 25.8 Å². The van der Waals surface area contributed by atoms with Crippen molar-refractivity contribution in [2.75, 3.05) is 16.8 Å². The first-order chi connectivity index (χ1) is 18.0. The van der Waals surface area contributed by atoms with Crippen molar-refractivity contribution in [2.45, 2.75) is 6.92 Å². The van der Waals surface area contributed by atoms with E-state index in [9.17, 15) is 19.2 Å². The molecule has 1 aliphatic rings. The number of carbonyl (C=O) groups excluding carboxylic acids is 4. The van der Waals surface area contributed by atoms with Gasteiger partial charge in [-0.25, -0.2) is 9.69 Å². The number of benzene rings is 3. The zero-order valence-electron chi connectivity index (χ0n) is 19.5. The Hall–Kier alpha value is -3.56. The van der Waals surface area contributed by atoms with Crippen LogP contribution in [0.3, 0.4) is 0 Å². The fourth-order valence-electron chi connectivity index (χ4n) is 3.46. The zero-order chi connectivity index (χ0) is 27.6. The summed E-state index contributed by atoms with van der Waals surface area (Å²) in [5, 5.41) is 5.22. The number of carbonyl (C=O) groups is 4. The minimum atomic E-state index is -0.945. The molecule has 1 saturated heterocycles. The van der Waals surface area contributed by atoms with Crippen molar-refractivity contribution in [3.8, 4) is 5.75 Å². The highest BCUT2D eigenvalue weighted by Gasteiger charge is 2.37. The first-order valence-electron chi connectivity index (χ1n) is 10.9. The van der Waals surface area contributed by atoms with E-state index in [2.05, 4.69) is 10.6 Å². The number of nitrogens with one attached hydrogen (secondary N) is 2. The summed E-state index contributed by atoms with van der Waals surface area (Å²) in [7, 11) is 0. The molecule has 5 amide bonds. The van der Waals surface area contributed by atoms with E-state index >= 15 is 0 Å². The molecule has 3 aromatic carbocycles. The third kappa shape index (κ3) is 6.11. The Labute approximate surface area is 237 Å². The van der Waals surface area contributed by atoms with Gasteiger partial charge in [-0.2, -0.15) is 0 Å². The quantitative estimate of drug-likeness (QED) is 0.258. The predicted molar refractivity (Wildman–Crippen MR) is 147 cm³/mol. The van der Waals surface area contributed by atoms with Gasteiger partial charge in [0.2, 0.25) is 0 Å². The number of nitrogens with zero attached hydrogens (tertiary/aromatic N) is 1. The van der Waals surface area contributed by atoms with E-state index in [1.54, 1.807) is 12.1 Å². The highest BCUT2D eigenvalue weighted by Crippen LogP contribution is 2.35. The van der Waals surface area contributed by atoms with Crippen LogP contribution in [0.25, 0.3) is 6.08 Å². The number of urea groups is 1. The van der Waals surface area contributed by atoms with Gasteiger partial charge < -0.3 is 10.1 Å². The Morgan fingerprint density at radius 2 is 1.58 bits per heavy atom. The average molecular weight is 593 g/mol. The van der Waals surface area contributed by atoms with Gasteiger partial charge in [0.25, 0.3) is 17.7 Å². The minimum Gasteiger partial charge on any atom is -0.481 e. The number of imide groups is 2. The Balaban J connectivity index is 1.53. The normalized spacial score (nSPS) is 14.5. The third-order valence-electron chi connectivity index (χ3n) is 5.28. The van der Waals surface area contributed by atoms with Crippen LogP contribution >= 0.6 is 46.4 Å². The van der Waals surface area contributed by atoms with Gasteiger partial charge in [-0.1, -0.05) is 64.1 Å². The topological polar surface area (TPSA) is 105 Å². The van der Waals surface area contributed by atoms with E-state index in [1.165, 1.54) is 36.4 Å². The SMILES string of the molecule is Cc1ccc(NC(=O)COc2c(Cl)cc(/C=C3\C(=O)NC(=O)N(c4ccc(Cl)c(Cl)c4)C3=O)cc2Cl)cc1. The maximum atomic E-state index is 13.1. The molecule has 1 heterocycles. The smallest absolute Gasteiger partial charge is 0.335 e. The summed E-state index contributed by atoms with van der Waals surface area (Å²) in [5.41, 5.74) is 1.69. The second-order valence-corrected chi connectivity index (χ2v) is 9.70. The van der Waals surface area contributed by atoms with Gasteiger partial charge in [-0.15, -0.1) is 0 Å². The van der Waals surface area contributed by atoms with Crippen LogP contribution in [-0.2, 0) is 14.4 Å². The summed E-state index contributed by atoms with van der Waals surface area (Å²) in [6.45, 7) is 1.56. The molecule has 0 atom stereocenters. The number of aryl methyl sites for hydroxylation is 1. The van der Waals surface area contributed by atoms with Crippen molar-refractivity contribution in [1.29, 1.82) is 0 Å². The summed E-state index contributed by atoms with van der Waals surface area (Å²) in [6, 6.07) is 13.2. The number of ether oxygens (including phenoxy) is 1. The zero-order valence-corrected chi connectivity index (χ0v) is 22.5. The molecule has 0 unspecified atom stereocenters. The van der Waals surface area contributed by atoms with Crippen LogP contribution in [0.2, 0.25) is 20.1 Å². The van der Waals surface area contributed by atoms with Crippen LogP contribution < -0.4 is 20.3 Å². The Bertz CT molecular complexity index is 1480. The fraction of sp³-hybridized carbons (Fsp3) is 0.0769. The van der Waals surface area contributed by atoms with Gasteiger partial charge in [0, 0.05) is 5.69 Å². The molecule has 0 aromatic heterocycles. The number of hydrogen-bond donors (Lipinski definition) is 2. The molecule has 0 radical (unpaired) electrons. The van der Waals surface area contributed by atoms with E-state index in [-0.39, 0.29) is 49.3 Å². The van der Waals surface area contributed by atoms with E-state index in [4.69, 9.17) is 51.1 Å². The van der Waals surface area contributed by atoms with E-state index in [0.717, 1.165) is 10.5 Å². The lowest BCUT2D eigenvalue weighted by atomic mass is 10.1. The van der Waals surface area contributed by atoms with E-state index in [1.807, 2.05) is 19.1 Å². The lowest BCUT2D eigenvalue weighted by Crippen LogP contribution is -2.54. The molecule has 4 rings (SSSR count). The molecule has 2 N–H and O–H groups in total. The second kappa shape index (κ2) is 11.4. The maximum absolute atomic E-state index is 13.1. The Kier molecular flexibility index (Phi) is 8.28. The second-order valence-electron chi connectivity index (χ2n) is 8.07. The molecule has 3 aromatic rings. The molecule has 194 valence electrons. The van der Waals surface area contributed by atoms with E-state index < -0.39 is 23.8 Å². The highest BCUT2D eigenvalue weighted by atomic mass is 35.5. The number of anilines is 2. The number of barbiturate groups is 1. The van der Waals surface area contributed by atoms with E-state index in [0.29, 0.717) is 5.69 Å². The molecular formula is C26H17Cl4N3O5. The van der Waals surface area contributed by atoms with Gasteiger partial charge in [-0.05, 0) is 61.0 Å². The molecular weight excluding hydrogens is 576 g/mol. The van der Waals surface area contributed by atoms with Crippen LogP contribution in [0, 0.1) is 6.92 Å². The molecule has 38 heavy (non-hydrogen) atoms. The first-order valence-corrected chi connectivity index (χ1v) is 12.4. The number of rotatable bonds is 6. The van der Waals surface area contributed by atoms with Crippen LogP contribution in [-0.4, -0.2) is 30.4 Å². The molecule has 8 nitrogen and oxygen atoms in total. The van der Waals surface area contributed by atoms with Crippen molar-refractivity contribution < 1.29 is 23.9 Å². The van der Waals surface area contributed by atoms with Crippen LogP contribution in [0.4, 0.5) is 16.2 Å². The summed E-state index contributed by atoms with van der Waals surface area (Å²) < 4.78 is 5.50. The lowest BCUT2D eigenvalue weighted by Gasteiger charge is -2.26. The average Bonchev–Trinajstić information content (AvgIpc) is 2.85. The minimum absolute atomic E-state index is 0.0357.